The molecule has 0 amide bonds. The molecule has 7 nitrogen and oxygen atoms in total. The molecule has 0 bridgehead atoms. The average Bonchev–Trinajstić information content (AvgIpc) is 2.35. The van der Waals surface area contributed by atoms with Gasteiger partial charge in [0.1, 0.15) is 0 Å². The minimum Gasteiger partial charge on any atom is -0.481 e. The highest BCUT2D eigenvalue weighted by Gasteiger charge is 2.38. The van der Waals surface area contributed by atoms with Crippen molar-refractivity contribution < 1.29 is 42.8 Å². The Balaban J connectivity index is 0. The number of alkyl halides is 3. The van der Waals surface area contributed by atoms with Gasteiger partial charge in [-0.25, -0.2) is 4.79 Å². The highest BCUT2D eigenvalue weighted by Crippen LogP contribution is 2.31. The normalized spacial score (nSPS) is 13.2. The van der Waals surface area contributed by atoms with Gasteiger partial charge in [-0.05, 0) is 29.8 Å². The van der Waals surface area contributed by atoms with Crippen LogP contribution in [0.15, 0.2) is 0 Å². The summed E-state index contributed by atoms with van der Waals surface area (Å²) in [4.78, 5) is 37.1. The van der Waals surface area contributed by atoms with Gasteiger partial charge in [-0.15, -0.1) is 0 Å². The molecule has 0 radical (unpaired) electrons. The summed E-state index contributed by atoms with van der Waals surface area (Å²) < 4.78 is 31.7. The maximum absolute atomic E-state index is 10.6. The summed E-state index contributed by atoms with van der Waals surface area (Å²) in [6.45, 7) is 3.88. The fourth-order valence-electron chi connectivity index (χ4n) is 1.27. The molecular formula is C12H23F3NO6PS. The molecule has 0 aliphatic rings. The Morgan fingerprint density at radius 3 is 1.96 bits per heavy atom. The van der Waals surface area contributed by atoms with Gasteiger partial charge >= 0.3 is 18.1 Å². The first-order valence-electron chi connectivity index (χ1n) is 6.71. The fourth-order valence-corrected chi connectivity index (χ4v) is 3.12. The molecule has 0 aromatic carbocycles. The summed E-state index contributed by atoms with van der Waals surface area (Å²) in [7, 11) is -2.03. The standard InChI is InChI=1S/C10H22NO4PS.C2HF3O2/c1-10(2,7-9(12)13)4-6-17-5-3-8(11)16(14)15;3-2(4,5)1(6)7/h8,14-15H,3-7,11H2,1-2H3,(H,12,13);(H,6,7). The molecule has 1 unspecified atom stereocenters. The number of aliphatic carboxylic acids is 2. The second kappa shape index (κ2) is 11.9. The van der Waals surface area contributed by atoms with Crippen LogP contribution in [0.3, 0.4) is 0 Å². The average molecular weight is 397 g/mol. The van der Waals surface area contributed by atoms with Crippen molar-refractivity contribution in [1.82, 2.24) is 0 Å². The Labute approximate surface area is 143 Å². The molecule has 0 heterocycles. The van der Waals surface area contributed by atoms with Crippen LogP contribution in [-0.2, 0) is 9.59 Å². The van der Waals surface area contributed by atoms with Gasteiger partial charge in [-0.3, -0.25) is 4.79 Å². The Morgan fingerprint density at radius 2 is 1.62 bits per heavy atom. The van der Waals surface area contributed by atoms with Crippen molar-refractivity contribution in [1.29, 1.82) is 0 Å². The summed E-state index contributed by atoms with van der Waals surface area (Å²) in [5, 5.41) is 15.8. The van der Waals surface area contributed by atoms with E-state index in [-0.39, 0.29) is 11.8 Å². The molecule has 0 fully saturated rings. The van der Waals surface area contributed by atoms with E-state index in [9.17, 15) is 18.0 Å². The number of carboxylic acid groups (broad SMARTS) is 2. The number of carboxylic acids is 2. The zero-order valence-electron chi connectivity index (χ0n) is 13.3. The molecule has 0 spiro atoms. The lowest BCUT2D eigenvalue weighted by Gasteiger charge is -2.22. The minimum atomic E-state index is -5.08. The van der Waals surface area contributed by atoms with Crippen molar-refractivity contribution in [3.05, 3.63) is 0 Å². The van der Waals surface area contributed by atoms with Crippen LogP contribution >= 0.6 is 20.1 Å². The molecular weight excluding hydrogens is 374 g/mol. The number of thioether (sulfide) groups is 1. The predicted octanol–water partition coefficient (Wildman–Crippen LogP) is 2.22. The number of hydrogen-bond acceptors (Lipinski definition) is 6. The van der Waals surface area contributed by atoms with E-state index >= 15 is 0 Å². The number of carbonyl (C=O) groups is 2. The molecule has 6 N–H and O–H groups in total. The summed E-state index contributed by atoms with van der Waals surface area (Å²) in [6, 6.07) is 0. The monoisotopic (exact) mass is 397 g/mol. The highest BCUT2D eigenvalue weighted by atomic mass is 32.2. The van der Waals surface area contributed by atoms with E-state index in [1.165, 1.54) is 0 Å². The third-order valence-electron chi connectivity index (χ3n) is 2.65. The summed E-state index contributed by atoms with van der Waals surface area (Å²) in [5.74, 6) is -2.43. The largest absolute Gasteiger partial charge is 0.490 e. The minimum absolute atomic E-state index is 0.172. The maximum atomic E-state index is 10.6. The van der Waals surface area contributed by atoms with Crippen LogP contribution in [0.4, 0.5) is 13.2 Å². The Morgan fingerprint density at radius 1 is 1.17 bits per heavy atom. The summed E-state index contributed by atoms with van der Waals surface area (Å²) in [6.07, 6.45) is -3.51. The number of nitrogens with two attached hydrogens (primary N) is 1. The second-order valence-corrected chi connectivity index (χ2v) is 8.11. The number of halogens is 3. The van der Waals surface area contributed by atoms with Gasteiger partial charge in [-0.2, -0.15) is 24.9 Å². The van der Waals surface area contributed by atoms with Crippen molar-refractivity contribution in [3.63, 3.8) is 0 Å². The highest BCUT2D eigenvalue weighted by molar-refractivity contribution is 7.99. The van der Waals surface area contributed by atoms with Gasteiger partial charge < -0.3 is 25.7 Å². The van der Waals surface area contributed by atoms with Crippen LogP contribution < -0.4 is 5.73 Å². The Bertz CT molecular complexity index is 395. The molecule has 0 saturated carbocycles. The van der Waals surface area contributed by atoms with Gasteiger partial charge in [0, 0.05) is 0 Å². The second-order valence-electron chi connectivity index (χ2n) is 5.58. The van der Waals surface area contributed by atoms with Gasteiger partial charge in [0.25, 0.3) is 0 Å². The first-order chi connectivity index (χ1) is 10.7. The molecule has 0 aromatic rings. The lowest BCUT2D eigenvalue weighted by molar-refractivity contribution is -0.192. The molecule has 1 atom stereocenters. The first kappa shape index (κ1) is 25.6. The molecule has 0 aliphatic carbocycles. The van der Waals surface area contributed by atoms with Gasteiger partial charge in [0.05, 0.1) is 12.2 Å². The van der Waals surface area contributed by atoms with Crippen LogP contribution in [0, 0.1) is 5.41 Å². The number of hydrogen-bond donors (Lipinski definition) is 5. The van der Waals surface area contributed by atoms with Crippen LogP contribution in [-0.4, -0.2) is 55.4 Å². The van der Waals surface area contributed by atoms with Crippen LogP contribution in [0.1, 0.15) is 33.1 Å². The van der Waals surface area contributed by atoms with Gasteiger partial charge in [0.15, 0.2) is 8.38 Å². The zero-order chi connectivity index (χ0) is 19.6. The third kappa shape index (κ3) is 16.3. The van der Waals surface area contributed by atoms with Gasteiger partial charge in [0.2, 0.25) is 0 Å². The molecule has 0 aromatic heterocycles. The zero-order valence-corrected chi connectivity index (χ0v) is 15.0. The quantitative estimate of drug-likeness (QED) is 0.295. The van der Waals surface area contributed by atoms with Crippen molar-refractivity contribution in [3.8, 4) is 0 Å². The van der Waals surface area contributed by atoms with Crippen LogP contribution in [0.5, 0.6) is 0 Å². The molecule has 24 heavy (non-hydrogen) atoms. The van der Waals surface area contributed by atoms with E-state index in [0.29, 0.717) is 6.42 Å². The van der Waals surface area contributed by atoms with Crippen molar-refractivity contribution in [2.75, 3.05) is 11.5 Å². The lowest BCUT2D eigenvalue weighted by atomic mass is 9.87. The van der Waals surface area contributed by atoms with Crippen LogP contribution in [0.2, 0.25) is 0 Å². The van der Waals surface area contributed by atoms with Crippen LogP contribution in [0.25, 0.3) is 0 Å². The molecule has 144 valence electrons. The molecule has 12 heteroatoms. The van der Waals surface area contributed by atoms with Crippen molar-refractivity contribution in [2.24, 2.45) is 11.1 Å². The Kier molecular flexibility index (Phi) is 12.7. The van der Waals surface area contributed by atoms with E-state index in [1.807, 2.05) is 13.8 Å². The topological polar surface area (TPSA) is 141 Å². The van der Waals surface area contributed by atoms with E-state index in [4.69, 9.17) is 30.5 Å². The van der Waals surface area contributed by atoms with E-state index in [1.54, 1.807) is 11.8 Å². The molecule has 0 rings (SSSR count). The SMILES string of the molecule is CC(C)(CCSCCC(N)P(O)O)CC(=O)O.O=C(O)C(F)(F)F. The van der Waals surface area contributed by atoms with Crippen molar-refractivity contribution in [2.45, 2.75) is 45.1 Å². The predicted molar refractivity (Wildman–Crippen MR) is 85.6 cm³/mol. The van der Waals surface area contributed by atoms with Crippen molar-refractivity contribution >= 4 is 32.1 Å². The van der Waals surface area contributed by atoms with E-state index < -0.39 is 32.3 Å². The summed E-state index contributed by atoms with van der Waals surface area (Å²) in [5.41, 5.74) is 5.30. The lowest BCUT2D eigenvalue weighted by Crippen LogP contribution is -2.21. The Hall–Kier alpha value is -0.610. The number of rotatable bonds is 9. The fraction of sp³-hybridized carbons (Fsp3) is 0.833. The first-order valence-corrected chi connectivity index (χ1v) is 9.18. The van der Waals surface area contributed by atoms with Gasteiger partial charge in [-0.1, -0.05) is 13.8 Å². The van der Waals surface area contributed by atoms with E-state index in [2.05, 4.69) is 0 Å². The molecule has 0 aliphatic heterocycles. The molecule has 0 saturated heterocycles. The van der Waals surface area contributed by atoms with E-state index in [0.717, 1.165) is 17.9 Å². The smallest absolute Gasteiger partial charge is 0.481 e. The third-order valence-corrected chi connectivity index (χ3v) is 4.52. The maximum Gasteiger partial charge on any atom is 0.490 e. The summed E-state index contributed by atoms with van der Waals surface area (Å²) >= 11 is 1.67.